The topological polar surface area (TPSA) is 60.9 Å². The standard InChI is InChI=1S/C15H22N2O3S/c1-12-4-7-16(8-5-12)21(19,20)17-9-6-13-2-3-15(18)10-14(13)11-17/h2-3,10,12,18H,4-9,11H2,1H3. The van der Waals surface area contributed by atoms with Gasteiger partial charge in [0.25, 0.3) is 10.2 Å². The molecule has 5 nitrogen and oxygen atoms in total. The van der Waals surface area contributed by atoms with E-state index in [1.54, 1.807) is 20.7 Å². The Morgan fingerprint density at radius 3 is 2.52 bits per heavy atom. The van der Waals surface area contributed by atoms with Crippen molar-refractivity contribution < 1.29 is 13.5 Å². The van der Waals surface area contributed by atoms with Crippen LogP contribution in [0.5, 0.6) is 5.75 Å². The Balaban J connectivity index is 1.78. The minimum atomic E-state index is -3.38. The lowest BCUT2D eigenvalue weighted by molar-refractivity contribution is 0.259. The first-order valence-electron chi connectivity index (χ1n) is 7.53. The molecule has 0 atom stereocenters. The Hall–Kier alpha value is -1.11. The fourth-order valence-electron chi connectivity index (χ4n) is 3.09. The van der Waals surface area contributed by atoms with Gasteiger partial charge in [-0.2, -0.15) is 17.0 Å². The molecule has 0 aromatic heterocycles. The molecule has 2 heterocycles. The number of benzene rings is 1. The summed E-state index contributed by atoms with van der Waals surface area (Å²) in [6.45, 7) is 4.29. The van der Waals surface area contributed by atoms with E-state index in [1.165, 1.54) is 0 Å². The lowest BCUT2D eigenvalue weighted by Crippen LogP contribution is -2.48. The number of hydrogen-bond donors (Lipinski definition) is 1. The molecule has 1 saturated heterocycles. The first kappa shape index (κ1) is 14.8. The molecule has 2 aliphatic rings. The SMILES string of the molecule is CC1CCN(S(=O)(=O)N2CCc3ccc(O)cc3C2)CC1. The van der Waals surface area contributed by atoms with Crippen LogP contribution in [0.3, 0.4) is 0 Å². The quantitative estimate of drug-likeness (QED) is 0.905. The van der Waals surface area contributed by atoms with Gasteiger partial charge in [-0.25, -0.2) is 0 Å². The second kappa shape index (κ2) is 5.59. The van der Waals surface area contributed by atoms with E-state index >= 15 is 0 Å². The van der Waals surface area contributed by atoms with Gasteiger partial charge in [-0.05, 0) is 48.4 Å². The molecule has 6 heteroatoms. The molecule has 21 heavy (non-hydrogen) atoms. The van der Waals surface area contributed by atoms with Crippen molar-refractivity contribution >= 4 is 10.2 Å². The van der Waals surface area contributed by atoms with E-state index in [0.717, 1.165) is 24.0 Å². The Bertz CT molecular complexity index is 622. The van der Waals surface area contributed by atoms with Crippen molar-refractivity contribution in [2.45, 2.75) is 32.7 Å². The van der Waals surface area contributed by atoms with Crippen molar-refractivity contribution in [2.75, 3.05) is 19.6 Å². The van der Waals surface area contributed by atoms with E-state index in [0.29, 0.717) is 38.5 Å². The fraction of sp³-hybridized carbons (Fsp3) is 0.600. The first-order valence-corrected chi connectivity index (χ1v) is 8.92. The second-order valence-electron chi connectivity index (χ2n) is 6.13. The van der Waals surface area contributed by atoms with E-state index in [4.69, 9.17) is 0 Å². The van der Waals surface area contributed by atoms with Crippen LogP contribution in [0.2, 0.25) is 0 Å². The summed E-state index contributed by atoms with van der Waals surface area (Å²) in [5.41, 5.74) is 2.04. The van der Waals surface area contributed by atoms with E-state index in [9.17, 15) is 13.5 Å². The molecule has 0 amide bonds. The van der Waals surface area contributed by atoms with E-state index < -0.39 is 10.2 Å². The molecule has 0 radical (unpaired) electrons. The first-order chi connectivity index (χ1) is 9.96. The number of aromatic hydroxyl groups is 1. The predicted molar refractivity (Wildman–Crippen MR) is 81.1 cm³/mol. The van der Waals surface area contributed by atoms with Gasteiger partial charge in [0.15, 0.2) is 0 Å². The maximum absolute atomic E-state index is 12.7. The van der Waals surface area contributed by atoms with Crippen LogP contribution in [0.4, 0.5) is 0 Å². The average molecular weight is 310 g/mol. The number of hydrogen-bond acceptors (Lipinski definition) is 3. The van der Waals surface area contributed by atoms with E-state index in [2.05, 4.69) is 6.92 Å². The Kier molecular flexibility index (Phi) is 3.94. The molecule has 1 N–H and O–H groups in total. The minimum Gasteiger partial charge on any atom is -0.508 e. The van der Waals surface area contributed by atoms with Crippen LogP contribution in [0.25, 0.3) is 0 Å². The maximum Gasteiger partial charge on any atom is 0.282 e. The molecule has 0 bridgehead atoms. The molecule has 0 unspecified atom stereocenters. The molecule has 0 saturated carbocycles. The van der Waals surface area contributed by atoms with Gasteiger partial charge in [0.05, 0.1) is 0 Å². The number of rotatable bonds is 2. The van der Waals surface area contributed by atoms with Gasteiger partial charge in [-0.1, -0.05) is 13.0 Å². The summed E-state index contributed by atoms with van der Waals surface area (Å²) in [6, 6.07) is 5.22. The van der Waals surface area contributed by atoms with Gasteiger partial charge in [0.2, 0.25) is 0 Å². The van der Waals surface area contributed by atoms with Crippen molar-refractivity contribution in [3.05, 3.63) is 29.3 Å². The number of phenols is 1. The van der Waals surface area contributed by atoms with Crippen LogP contribution in [-0.4, -0.2) is 41.8 Å². The van der Waals surface area contributed by atoms with Crippen LogP contribution >= 0.6 is 0 Å². The Morgan fingerprint density at radius 1 is 1.10 bits per heavy atom. The Labute approximate surface area is 126 Å². The molecule has 0 spiro atoms. The van der Waals surface area contributed by atoms with Crippen LogP contribution in [-0.2, 0) is 23.2 Å². The van der Waals surface area contributed by atoms with Crippen LogP contribution in [0.15, 0.2) is 18.2 Å². The number of nitrogens with zero attached hydrogens (tertiary/aromatic N) is 2. The number of phenolic OH excluding ortho intramolecular Hbond substituents is 1. The third kappa shape index (κ3) is 2.93. The zero-order valence-corrected chi connectivity index (χ0v) is 13.1. The highest BCUT2D eigenvalue weighted by Crippen LogP contribution is 2.27. The van der Waals surface area contributed by atoms with Gasteiger partial charge >= 0.3 is 0 Å². The third-order valence-electron chi connectivity index (χ3n) is 4.56. The smallest absolute Gasteiger partial charge is 0.282 e. The van der Waals surface area contributed by atoms with Crippen LogP contribution in [0.1, 0.15) is 30.9 Å². The largest absolute Gasteiger partial charge is 0.508 e. The van der Waals surface area contributed by atoms with Crippen molar-refractivity contribution in [2.24, 2.45) is 5.92 Å². The van der Waals surface area contributed by atoms with Gasteiger partial charge in [0.1, 0.15) is 5.75 Å². The molecular weight excluding hydrogens is 288 g/mol. The molecule has 1 aromatic rings. The Morgan fingerprint density at radius 2 is 1.81 bits per heavy atom. The molecular formula is C15H22N2O3S. The number of piperidine rings is 1. The normalized spacial score (nSPS) is 22.1. The van der Waals surface area contributed by atoms with Gasteiger partial charge in [-0.3, -0.25) is 0 Å². The average Bonchev–Trinajstić information content (AvgIpc) is 2.47. The van der Waals surface area contributed by atoms with Crippen molar-refractivity contribution in [1.82, 2.24) is 8.61 Å². The third-order valence-corrected chi connectivity index (χ3v) is 6.54. The summed E-state index contributed by atoms with van der Waals surface area (Å²) in [7, 11) is -3.38. The minimum absolute atomic E-state index is 0.194. The summed E-state index contributed by atoms with van der Waals surface area (Å²) in [5, 5.41) is 9.58. The summed E-state index contributed by atoms with van der Waals surface area (Å²) in [5.74, 6) is 0.801. The van der Waals surface area contributed by atoms with Crippen molar-refractivity contribution in [1.29, 1.82) is 0 Å². The lowest BCUT2D eigenvalue weighted by atomic mass is 10.0. The number of fused-ring (bicyclic) bond motifs is 1. The maximum atomic E-state index is 12.7. The fourth-order valence-corrected chi connectivity index (χ4v) is 4.72. The second-order valence-corrected chi connectivity index (χ2v) is 8.05. The zero-order chi connectivity index (χ0) is 15.0. The van der Waals surface area contributed by atoms with Crippen molar-refractivity contribution in [3.63, 3.8) is 0 Å². The van der Waals surface area contributed by atoms with E-state index in [1.807, 2.05) is 6.07 Å². The lowest BCUT2D eigenvalue weighted by Gasteiger charge is -2.36. The summed E-state index contributed by atoms with van der Waals surface area (Å²) < 4.78 is 28.6. The van der Waals surface area contributed by atoms with E-state index in [-0.39, 0.29) is 5.75 Å². The summed E-state index contributed by atoms with van der Waals surface area (Å²) in [4.78, 5) is 0. The summed E-state index contributed by atoms with van der Waals surface area (Å²) in [6.07, 6.45) is 2.58. The summed E-state index contributed by atoms with van der Waals surface area (Å²) >= 11 is 0. The highest BCUT2D eigenvalue weighted by Gasteiger charge is 2.33. The molecule has 0 aliphatic carbocycles. The molecule has 116 valence electrons. The predicted octanol–water partition coefficient (Wildman–Crippen LogP) is 1.73. The zero-order valence-electron chi connectivity index (χ0n) is 12.3. The van der Waals surface area contributed by atoms with Gasteiger partial charge < -0.3 is 5.11 Å². The highest BCUT2D eigenvalue weighted by molar-refractivity contribution is 7.86. The highest BCUT2D eigenvalue weighted by atomic mass is 32.2. The molecule has 1 fully saturated rings. The van der Waals surface area contributed by atoms with Gasteiger partial charge in [0, 0.05) is 26.2 Å². The molecule has 2 aliphatic heterocycles. The van der Waals surface area contributed by atoms with Crippen molar-refractivity contribution in [3.8, 4) is 5.75 Å². The molecule has 3 rings (SSSR count). The van der Waals surface area contributed by atoms with Gasteiger partial charge in [-0.15, -0.1) is 0 Å². The van der Waals surface area contributed by atoms with Crippen LogP contribution in [0, 0.1) is 5.92 Å². The molecule has 1 aromatic carbocycles. The van der Waals surface area contributed by atoms with Crippen LogP contribution < -0.4 is 0 Å². The monoisotopic (exact) mass is 310 g/mol.